The molecular weight excluding hydrogens is 210 g/mol. The van der Waals surface area contributed by atoms with Gasteiger partial charge in [0.05, 0.1) is 27.6 Å². The summed E-state index contributed by atoms with van der Waals surface area (Å²) in [5, 5.41) is 19.1. The van der Waals surface area contributed by atoms with Crippen molar-refractivity contribution in [3.8, 4) is 0 Å². The first-order chi connectivity index (χ1) is 7.05. The summed E-state index contributed by atoms with van der Waals surface area (Å²) in [7, 11) is 5.51. The highest BCUT2D eigenvalue weighted by Crippen LogP contribution is 2.26. The van der Waals surface area contributed by atoms with Crippen molar-refractivity contribution in [3.63, 3.8) is 0 Å². The molecule has 2 atom stereocenters. The van der Waals surface area contributed by atoms with Gasteiger partial charge in [0.25, 0.3) is 0 Å². The minimum atomic E-state index is -1.79. The van der Waals surface area contributed by atoms with Crippen LogP contribution in [0, 0.1) is 0 Å². The third-order valence-electron chi connectivity index (χ3n) is 2.90. The molecule has 0 fully saturated rings. The zero-order valence-corrected chi connectivity index (χ0v) is 10.6. The number of carboxylic acids is 1. The summed E-state index contributed by atoms with van der Waals surface area (Å²) in [5.74, 6) is -1.65. The van der Waals surface area contributed by atoms with Gasteiger partial charge in [0.1, 0.15) is 6.04 Å². The molecule has 0 bridgehead atoms. The Bertz CT molecular complexity index is 282. The fraction of sp³-hybridized carbons (Fsp3) is 0.818. The Morgan fingerprint density at radius 1 is 1.31 bits per heavy atom. The topological polar surface area (TPSA) is 74.6 Å². The van der Waals surface area contributed by atoms with Crippen LogP contribution in [-0.2, 0) is 9.59 Å². The quantitative estimate of drug-likeness (QED) is 0.644. The van der Waals surface area contributed by atoms with Gasteiger partial charge in [-0.3, -0.25) is 9.59 Å². The number of carbonyl (C=O) groups excluding carboxylic acids is 1. The summed E-state index contributed by atoms with van der Waals surface area (Å²) in [6.45, 7) is 3.07. The van der Waals surface area contributed by atoms with Crippen LogP contribution in [0.2, 0.25) is 0 Å². The highest BCUT2D eigenvalue weighted by molar-refractivity contribution is 5.89. The second-order valence-electron chi connectivity index (χ2n) is 5.09. The number of carboxylic acid groups (broad SMARTS) is 1. The van der Waals surface area contributed by atoms with Crippen LogP contribution in [0.1, 0.15) is 26.7 Å². The molecule has 0 saturated carbocycles. The first-order valence-electron chi connectivity index (χ1n) is 5.32. The van der Waals surface area contributed by atoms with E-state index in [-0.39, 0.29) is 0 Å². The monoisotopic (exact) mass is 232 g/mol. The molecule has 16 heavy (non-hydrogen) atoms. The first kappa shape index (κ1) is 15.1. The second kappa shape index (κ2) is 4.93. The van der Waals surface area contributed by atoms with Crippen LogP contribution < -0.4 is 0 Å². The van der Waals surface area contributed by atoms with Gasteiger partial charge in [-0.2, -0.15) is 0 Å². The zero-order valence-electron chi connectivity index (χ0n) is 10.6. The van der Waals surface area contributed by atoms with Crippen molar-refractivity contribution in [2.75, 3.05) is 21.1 Å². The number of aliphatic carboxylic acids is 1. The molecular formula is C11H22NO4+. The van der Waals surface area contributed by atoms with Crippen molar-refractivity contribution in [2.45, 2.75) is 38.3 Å². The molecule has 0 aromatic heterocycles. The summed E-state index contributed by atoms with van der Waals surface area (Å²) in [5.41, 5.74) is -1.79. The fourth-order valence-corrected chi connectivity index (χ4v) is 2.23. The molecule has 5 heteroatoms. The third-order valence-corrected chi connectivity index (χ3v) is 2.90. The van der Waals surface area contributed by atoms with E-state index in [1.165, 1.54) is 6.92 Å². The van der Waals surface area contributed by atoms with E-state index >= 15 is 0 Å². The van der Waals surface area contributed by atoms with Gasteiger partial charge in [-0.25, -0.2) is 0 Å². The first-order valence-corrected chi connectivity index (χ1v) is 5.32. The lowest BCUT2D eigenvalue weighted by Gasteiger charge is -2.42. The number of ketones is 1. The molecule has 5 nitrogen and oxygen atoms in total. The van der Waals surface area contributed by atoms with E-state index in [9.17, 15) is 14.7 Å². The predicted octanol–water partition coefficient (Wildman–Crippen LogP) is 0.266. The predicted molar refractivity (Wildman–Crippen MR) is 60.0 cm³/mol. The van der Waals surface area contributed by atoms with Crippen LogP contribution in [0.3, 0.4) is 0 Å². The molecule has 0 aromatic rings. The Balaban J connectivity index is 5.31. The van der Waals surface area contributed by atoms with Crippen molar-refractivity contribution in [1.29, 1.82) is 0 Å². The average Bonchev–Trinajstić information content (AvgIpc) is 1.99. The van der Waals surface area contributed by atoms with E-state index in [0.29, 0.717) is 10.9 Å². The van der Waals surface area contributed by atoms with Crippen molar-refractivity contribution < 1.29 is 24.3 Å². The van der Waals surface area contributed by atoms with Gasteiger partial charge in [0, 0.05) is 0 Å². The summed E-state index contributed by atoms with van der Waals surface area (Å²) < 4.78 is 0.347. The maximum absolute atomic E-state index is 11.5. The van der Waals surface area contributed by atoms with Gasteiger partial charge in [0.2, 0.25) is 0 Å². The molecule has 94 valence electrons. The molecule has 0 aliphatic rings. The Labute approximate surface area is 96.3 Å². The van der Waals surface area contributed by atoms with E-state index in [1.807, 2.05) is 28.1 Å². The van der Waals surface area contributed by atoms with Crippen molar-refractivity contribution >= 4 is 11.8 Å². The average molecular weight is 232 g/mol. The van der Waals surface area contributed by atoms with Crippen LogP contribution in [0.15, 0.2) is 0 Å². The number of Topliss-reactive ketones (excluding diaryl/α,β-unsaturated/α-hetero) is 1. The van der Waals surface area contributed by atoms with Crippen molar-refractivity contribution in [2.24, 2.45) is 0 Å². The Morgan fingerprint density at radius 2 is 1.75 bits per heavy atom. The van der Waals surface area contributed by atoms with Crippen LogP contribution in [0.4, 0.5) is 0 Å². The lowest BCUT2D eigenvalue weighted by atomic mass is 9.83. The molecule has 0 aliphatic carbocycles. The third kappa shape index (κ3) is 3.28. The number of carbonyl (C=O) groups is 2. The van der Waals surface area contributed by atoms with Gasteiger partial charge < -0.3 is 14.7 Å². The summed E-state index contributed by atoms with van der Waals surface area (Å²) in [6.07, 6.45) is -0.0107. The molecule has 2 N–H and O–H groups in total. The van der Waals surface area contributed by atoms with Gasteiger partial charge in [-0.05, 0) is 13.3 Å². The minimum absolute atomic E-state index is 0.347. The molecule has 0 spiro atoms. The number of aliphatic hydroxyl groups is 1. The molecule has 0 aliphatic heterocycles. The normalized spacial score (nSPS) is 17.6. The van der Waals surface area contributed by atoms with E-state index < -0.39 is 29.8 Å². The number of quaternary nitrogens is 1. The fourth-order valence-electron chi connectivity index (χ4n) is 2.23. The molecule has 0 heterocycles. The summed E-state index contributed by atoms with van der Waals surface area (Å²) in [6, 6.07) is -0.430. The Morgan fingerprint density at radius 3 is 1.94 bits per heavy atom. The van der Waals surface area contributed by atoms with Crippen LogP contribution in [0.5, 0.6) is 0 Å². The maximum Gasteiger partial charge on any atom is 0.307 e. The molecule has 1 unspecified atom stereocenters. The van der Waals surface area contributed by atoms with E-state index in [4.69, 9.17) is 5.11 Å². The van der Waals surface area contributed by atoms with Gasteiger partial charge in [-0.15, -0.1) is 0 Å². The largest absolute Gasteiger partial charge is 0.481 e. The number of hydrogen-bond acceptors (Lipinski definition) is 3. The Hall–Kier alpha value is -0.940. The number of rotatable bonds is 6. The Kier molecular flexibility index (Phi) is 4.64. The lowest BCUT2D eigenvalue weighted by Crippen LogP contribution is -2.62. The minimum Gasteiger partial charge on any atom is -0.481 e. The van der Waals surface area contributed by atoms with E-state index in [0.717, 1.165) is 0 Å². The van der Waals surface area contributed by atoms with Crippen LogP contribution >= 0.6 is 0 Å². The number of likely N-dealkylation sites (N-methyl/N-ethyl adjacent to an activating group) is 1. The SMILES string of the molecule is CCC([C@](O)(CC(=O)O)C(C)=O)[N+](C)(C)C. The highest BCUT2D eigenvalue weighted by Gasteiger charge is 2.49. The zero-order chi connectivity index (χ0) is 13.1. The van der Waals surface area contributed by atoms with E-state index in [2.05, 4.69) is 0 Å². The standard InChI is InChI=1S/C11H21NO4/c1-6-9(12(3,4)5)11(16,8(2)13)7-10(14)15/h9,16H,6-7H2,1-5H3/p+1/t9?,11-/m0/s1. The molecule has 0 saturated heterocycles. The van der Waals surface area contributed by atoms with E-state index in [1.54, 1.807) is 0 Å². The van der Waals surface area contributed by atoms with Crippen molar-refractivity contribution in [1.82, 2.24) is 0 Å². The second-order valence-corrected chi connectivity index (χ2v) is 5.09. The van der Waals surface area contributed by atoms with Crippen LogP contribution in [0.25, 0.3) is 0 Å². The van der Waals surface area contributed by atoms with Gasteiger partial charge in [0.15, 0.2) is 11.4 Å². The summed E-state index contributed by atoms with van der Waals surface area (Å²) >= 11 is 0. The van der Waals surface area contributed by atoms with Gasteiger partial charge >= 0.3 is 5.97 Å². The highest BCUT2D eigenvalue weighted by atomic mass is 16.4. The van der Waals surface area contributed by atoms with Crippen molar-refractivity contribution in [3.05, 3.63) is 0 Å². The molecule has 0 amide bonds. The molecule has 0 radical (unpaired) electrons. The maximum atomic E-state index is 11.5. The lowest BCUT2D eigenvalue weighted by molar-refractivity contribution is -0.902. The van der Waals surface area contributed by atoms with Crippen LogP contribution in [-0.4, -0.2) is 59.2 Å². The summed E-state index contributed by atoms with van der Waals surface area (Å²) in [4.78, 5) is 22.3. The van der Waals surface area contributed by atoms with Gasteiger partial charge in [-0.1, -0.05) is 6.92 Å². The smallest absolute Gasteiger partial charge is 0.307 e. The number of hydrogen-bond donors (Lipinski definition) is 2. The molecule has 0 rings (SSSR count). The molecule has 0 aromatic carbocycles. The number of nitrogens with zero attached hydrogens (tertiary/aromatic N) is 1.